The molecular weight excluding hydrogens is 298 g/mol. The first-order valence-electron chi connectivity index (χ1n) is 8.90. The summed E-state index contributed by atoms with van der Waals surface area (Å²) in [5, 5.41) is 11.8. The first-order valence-corrected chi connectivity index (χ1v) is 8.90. The fraction of sp³-hybridized carbons (Fsp3) is 0.526. The van der Waals surface area contributed by atoms with E-state index in [4.69, 9.17) is 4.98 Å². The molecule has 2 heterocycles. The van der Waals surface area contributed by atoms with Crippen molar-refractivity contribution in [1.29, 1.82) is 0 Å². The number of hydrogen-bond donors (Lipinski definition) is 1. The van der Waals surface area contributed by atoms with E-state index in [1.54, 1.807) is 6.20 Å². The molecule has 5 nitrogen and oxygen atoms in total. The molecule has 0 saturated carbocycles. The largest absolute Gasteiger partial charge is 0.355 e. The lowest BCUT2D eigenvalue weighted by molar-refractivity contribution is 0.834. The van der Waals surface area contributed by atoms with Gasteiger partial charge < -0.3 is 10.2 Å². The van der Waals surface area contributed by atoms with Crippen LogP contribution in [0.3, 0.4) is 0 Å². The minimum Gasteiger partial charge on any atom is -0.355 e. The minimum absolute atomic E-state index is 0.431. The molecule has 1 aliphatic rings. The quantitative estimate of drug-likeness (QED) is 0.879. The van der Waals surface area contributed by atoms with Crippen molar-refractivity contribution in [1.82, 2.24) is 15.2 Å². The second kappa shape index (κ2) is 7.16. The zero-order valence-electron chi connectivity index (χ0n) is 15.1. The smallest absolute Gasteiger partial charge is 0.249 e. The summed E-state index contributed by atoms with van der Waals surface area (Å²) in [5.41, 5.74) is 3.70. The highest BCUT2D eigenvalue weighted by atomic mass is 15.3. The van der Waals surface area contributed by atoms with E-state index in [0.717, 1.165) is 24.6 Å². The number of benzene rings is 1. The molecule has 0 spiro atoms. The van der Waals surface area contributed by atoms with Crippen LogP contribution in [-0.2, 0) is 0 Å². The van der Waals surface area contributed by atoms with Gasteiger partial charge in [-0.2, -0.15) is 10.1 Å². The van der Waals surface area contributed by atoms with Gasteiger partial charge in [-0.05, 0) is 35.8 Å². The van der Waals surface area contributed by atoms with Gasteiger partial charge in [0.1, 0.15) is 0 Å². The lowest BCUT2D eigenvalue weighted by Crippen LogP contribution is -2.20. The van der Waals surface area contributed by atoms with Crippen LogP contribution in [0, 0.1) is 0 Å². The summed E-state index contributed by atoms with van der Waals surface area (Å²) in [5.74, 6) is 2.36. The van der Waals surface area contributed by atoms with Crippen LogP contribution in [-0.4, -0.2) is 28.3 Å². The molecule has 5 heteroatoms. The standard InChI is InChI=1S/C19H27N5/c1-13(2)15-8-7-9-16(14(3)4)18(15)22-19-21-17(12-20-23-19)24-10-5-6-11-24/h7-9,12-14H,5-6,10-11H2,1-4H3,(H,21,22,23). The van der Waals surface area contributed by atoms with E-state index < -0.39 is 0 Å². The molecule has 0 aliphatic carbocycles. The van der Waals surface area contributed by atoms with Crippen LogP contribution in [0.1, 0.15) is 63.5 Å². The Balaban J connectivity index is 1.94. The van der Waals surface area contributed by atoms with E-state index >= 15 is 0 Å². The van der Waals surface area contributed by atoms with Crippen LogP contribution in [0.15, 0.2) is 24.4 Å². The highest BCUT2D eigenvalue weighted by Gasteiger charge is 2.17. The van der Waals surface area contributed by atoms with E-state index in [0.29, 0.717) is 17.8 Å². The Kier molecular flexibility index (Phi) is 4.97. The molecular formula is C19H27N5. The molecule has 3 rings (SSSR count). The third kappa shape index (κ3) is 3.50. The Bertz CT molecular complexity index is 664. The number of para-hydroxylation sites is 1. The summed E-state index contributed by atoms with van der Waals surface area (Å²) < 4.78 is 0. The second-order valence-electron chi connectivity index (χ2n) is 7.08. The molecule has 0 amide bonds. The third-order valence-corrected chi connectivity index (χ3v) is 4.59. The molecule has 1 N–H and O–H groups in total. The summed E-state index contributed by atoms with van der Waals surface area (Å²) in [6, 6.07) is 6.49. The Morgan fingerprint density at radius 3 is 2.21 bits per heavy atom. The molecule has 0 radical (unpaired) electrons. The fourth-order valence-electron chi connectivity index (χ4n) is 3.25. The van der Waals surface area contributed by atoms with Crippen molar-refractivity contribution < 1.29 is 0 Å². The van der Waals surface area contributed by atoms with Gasteiger partial charge in [0.2, 0.25) is 5.95 Å². The topological polar surface area (TPSA) is 53.9 Å². The van der Waals surface area contributed by atoms with Crippen LogP contribution in [0.4, 0.5) is 17.5 Å². The average Bonchev–Trinajstić information content (AvgIpc) is 3.09. The Hall–Kier alpha value is -2.17. The Morgan fingerprint density at radius 2 is 1.62 bits per heavy atom. The van der Waals surface area contributed by atoms with Crippen LogP contribution in [0.25, 0.3) is 0 Å². The first-order chi connectivity index (χ1) is 11.6. The van der Waals surface area contributed by atoms with Crippen molar-refractivity contribution in [2.24, 2.45) is 0 Å². The van der Waals surface area contributed by atoms with E-state index in [1.165, 1.54) is 24.0 Å². The van der Waals surface area contributed by atoms with Crippen molar-refractivity contribution in [2.75, 3.05) is 23.3 Å². The van der Waals surface area contributed by atoms with Gasteiger partial charge >= 0.3 is 0 Å². The predicted molar refractivity (Wildman–Crippen MR) is 99.2 cm³/mol. The summed E-state index contributed by atoms with van der Waals surface area (Å²) in [6.45, 7) is 11.0. The zero-order chi connectivity index (χ0) is 17.1. The number of aromatic nitrogens is 3. The van der Waals surface area contributed by atoms with E-state index in [-0.39, 0.29) is 0 Å². The van der Waals surface area contributed by atoms with Gasteiger partial charge in [0.25, 0.3) is 0 Å². The van der Waals surface area contributed by atoms with Gasteiger partial charge in [-0.3, -0.25) is 0 Å². The van der Waals surface area contributed by atoms with Gasteiger partial charge in [0.05, 0.1) is 6.20 Å². The fourth-order valence-corrected chi connectivity index (χ4v) is 3.25. The highest BCUT2D eigenvalue weighted by Crippen LogP contribution is 2.34. The lowest BCUT2D eigenvalue weighted by Gasteiger charge is -2.21. The van der Waals surface area contributed by atoms with Crippen molar-refractivity contribution in [3.8, 4) is 0 Å². The molecule has 0 atom stereocenters. The van der Waals surface area contributed by atoms with Crippen LogP contribution < -0.4 is 10.2 Å². The summed E-state index contributed by atoms with van der Waals surface area (Å²) in [7, 11) is 0. The van der Waals surface area contributed by atoms with E-state index in [2.05, 4.69) is 66.3 Å². The first kappa shape index (κ1) is 16.7. The monoisotopic (exact) mass is 325 g/mol. The zero-order valence-corrected chi connectivity index (χ0v) is 15.1. The second-order valence-corrected chi connectivity index (χ2v) is 7.08. The van der Waals surface area contributed by atoms with Crippen molar-refractivity contribution in [2.45, 2.75) is 52.4 Å². The molecule has 128 valence electrons. The summed E-state index contributed by atoms with van der Waals surface area (Å²) in [6.07, 6.45) is 4.20. The Morgan fingerprint density at radius 1 is 1.00 bits per heavy atom. The number of nitrogens with zero attached hydrogens (tertiary/aromatic N) is 4. The molecule has 1 saturated heterocycles. The minimum atomic E-state index is 0.431. The van der Waals surface area contributed by atoms with E-state index in [9.17, 15) is 0 Å². The third-order valence-electron chi connectivity index (χ3n) is 4.59. The Labute approximate surface area is 144 Å². The number of hydrogen-bond acceptors (Lipinski definition) is 5. The number of rotatable bonds is 5. The average molecular weight is 325 g/mol. The normalized spacial score (nSPS) is 14.7. The lowest BCUT2D eigenvalue weighted by atomic mass is 9.93. The maximum absolute atomic E-state index is 4.69. The molecule has 1 fully saturated rings. The predicted octanol–water partition coefficient (Wildman–Crippen LogP) is 4.46. The number of anilines is 3. The molecule has 1 aromatic carbocycles. The maximum Gasteiger partial charge on any atom is 0.249 e. The van der Waals surface area contributed by atoms with E-state index in [1.807, 2.05) is 0 Å². The van der Waals surface area contributed by atoms with Crippen LogP contribution in [0.2, 0.25) is 0 Å². The number of nitrogens with one attached hydrogen (secondary N) is 1. The molecule has 2 aromatic rings. The molecule has 1 aromatic heterocycles. The van der Waals surface area contributed by atoms with Gasteiger partial charge in [0.15, 0.2) is 5.82 Å². The van der Waals surface area contributed by atoms with Crippen molar-refractivity contribution in [3.05, 3.63) is 35.5 Å². The summed E-state index contributed by atoms with van der Waals surface area (Å²) >= 11 is 0. The molecule has 0 bridgehead atoms. The molecule has 0 unspecified atom stereocenters. The van der Waals surface area contributed by atoms with Crippen LogP contribution in [0.5, 0.6) is 0 Å². The summed E-state index contributed by atoms with van der Waals surface area (Å²) in [4.78, 5) is 6.97. The van der Waals surface area contributed by atoms with Crippen LogP contribution >= 0.6 is 0 Å². The van der Waals surface area contributed by atoms with Gasteiger partial charge in [0, 0.05) is 18.8 Å². The molecule has 24 heavy (non-hydrogen) atoms. The van der Waals surface area contributed by atoms with Gasteiger partial charge in [-0.25, -0.2) is 0 Å². The van der Waals surface area contributed by atoms with Crippen molar-refractivity contribution >= 4 is 17.5 Å². The molecule has 1 aliphatic heterocycles. The van der Waals surface area contributed by atoms with Gasteiger partial charge in [-0.15, -0.1) is 5.10 Å². The van der Waals surface area contributed by atoms with Crippen molar-refractivity contribution in [3.63, 3.8) is 0 Å². The SMILES string of the molecule is CC(C)c1cccc(C(C)C)c1Nc1nncc(N2CCCC2)n1. The van der Waals surface area contributed by atoms with Gasteiger partial charge in [-0.1, -0.05) is 45.9 Å². The highest BCUT2D eigenvalue weighted by molar-refractivity contribution is 5.65. The maximum atomic E-state index is 4.69.